The van der Waals surface area contributed by atoms with Crippen LogP contribution in [0.15, 0.2) is 24.4 Å². The number of nitrogens with zero attached hydrogens (tertiary/aromatic N) is 2. The highest BCUT2D eigenvalue weighted by Gasteiger charge is 2.20. The lowest BCUT2D eigenvalue weighted by Gasteiger charge is -2.03. The van der Waals surface area contributed by atoms with Gasteiger partial charge < -0.3 is 10.3 Å². The second kappa shape index (κ2) is 5.05. The Morgan fingerprint density at radius 1 is 1.50 bits per heavy atom. The van der Waals surface area contributed by atoms with Crippen LogP contribution in [0.3, 0.4) is 0 Å². The summed E-state index contributed by atoms with van der Waals surface area (Å²) in [5.74, 6) is 0.679. The maximum Gasteiger partial charge on any atom is 0.270 e. The van der Waals surface area contributed by atoms with E-state index in [1.807, 2.05) is 6.92 Å². The van der Waals surface area contributed by atoms with Crippen molar-refractivity contribution in [3.05, 3.63) is 45.8 Å². The summed E-state index contributed by atoms with van der Waals surface area (Å²) in [5.41, 5.74) is 2.82. The molecule has 2 N–H and O–H groups in total. The molecule has 6 nitrogen and oxygen atoms in total. The van der Waals surface area contributed by atoms with Gasteiger partial charge in [0.05, 0.1) is 4.92 Å². The van der Waals surface area contributed by atoms with Gasteiger partial charge in [-0.15, -0.1) is 0 Å². The lowest BCUT2D eigenvalue weighted by molar-refractivity contribution is -0.384. The average Bonchev–Trinajstić information content (AvgIpc) is 3.14. The molecule has 0 unspecified atom stereocenters. The van der Waals surface area contributed by atoms with E-state index < -0.39 is 0 Å². The molecule has 1 saturated carbocycles. The molecule has 1 heterocycles. The minimum Gasteiger partial charge on any atom is -0.341 e. The molecule has 0 bridgehead atoms. The van der Waals surface area contributed by atoms with Gasteiger partial charge in [-0.2, -0.15) is 0 Å². The molecule has 0 saturated heterocycles. The van der Waals surface area contributed by atoms with E-state index in [0.717, 1.165) is 23.4 Å². The van der Waals surface area contributed by atoms with Crippen LogP contribution in [-0.4, -0.2) is 20.9 Å². The molecular formula is C14H16N4O2. The van der Waals surface area contributed by atoms with Crippen molar-refractivity contribution in [1.82, 2.24) is 15.3 Å². The van der Waals surface area contributed by atoms with Crippen LogP contribution in [-0.2, 0) is 6.54 Å². The van der Waals surface area contributed by atoms with Crippen LogP contribution in [0.25, 0.3) is 11.4 Å². The normalized spacial score (nSPS) is 14.4. The van der Waals surface area contributed by atoms with Gasteiger partial charge in [-0.3, -0.25) is 10.1 Å². The Balaban J connectivity index is 1.83. The predicted molar refractivity (Wildman–Crippen MR) is 75.3 cm³/mol. The number of benzene rings is 1. The van der Waals surface area contributed by atoms with Crippen molar-refractivity contribution in [2.75, 3.05) is 0 Å². The molecule has 1 aliphatic rings. The highest BCUT2D eigenvalue weighted by Crippen LogP contribution is 2.25. The number of aromatic nitrogens is 2. The summed E-state index contributed by atoms with van der Waals surface area (Å²) in [4.78, 5) is 18.0. The second-order valence-corrected chi connectivity index (χ2v) is 5.17. The van der Waals surface area contributed by atoms with Gasteiger partial charge in [-0.25, -0.2) is 4.98 Å². The summed E-state index contributed by atoms with van der Waals surface area (Å²) in [6.45, 7) is 2.68. The van der Waals surface area contributed by atoms with Crippen molar-refractivity contribution in [1.29, 1.82) is 0 Å². The number of H-pyrrole nitrogens is 1. The number of nitrogens with one attached hydrogen (secondary N) is 2. The van der Waals surface area contributed by atoms with E-state index in [1.54, 1.807) is 18.3 Å². The molecule has 0 amide bonds. The van der Waals surface area contributed by atoms with E-state index in [9.17, 15) is 10.1 Å². The van der Waals surface area contributed by atoms with Crippen LogP contribution in [0, 0.1) is 17.0 Å². The number of imidazole rings is 1. The molecule has 0 radical (unpaired) electrons. The van der Waals surface area contributed by atoms with Crippen molar-refractivity contribution in [2.45, 2.75) is 32.4 Å². The van der Waals surface area contributed by atoms with E-state index in [2.05, 4.69) is 15.3 Å². The second-order valence-electron chi connectivity index (χ2n) is 5.17. The fourth-order valence-corrected chi connectivity index (χ4v) is 2.11. The summed E-state index contributed by atoms with van der Waals surface area (Å²) in [6.07, 6.45) is 4.26. The molecule has 1 fully saturated rings. The first-order valence-corrected chi connectivity index (χ1v) is 6.66. The van der Waals surface area contributed by atoms with Crippen molar-refractivity contribution in [3.63, 3.8) is 0 Å². The quantitative estimate of drug-likeness (QED) is 0.647. The van der Waals surface area contributed by atoms with Gasteiger partial charge >= 0.3 is 0 Å². The molecule has 20 heavy (non-hydrogen) atoms. The topological polar surface area (TPSA) is 83.8 Å². The number of aromatic amines is 1. The number of rotatable bonds is 5. The van der Waals surface area contributed by atoms with Gasteiger partial charge in [0.1, 0.15) is 5.82 Å². The molecule has 0 spiro atoms. The minimum atomic E-state index is -0.387. The molecule has 6 heteroatoms. The Morgan fingerprint density at radius 2 is 2.30 bits per heavy atom. The van der Waals surface area contributed by atoms with Crippen LogP contribution < -0.4 is 5.32 Å². The Labute approximate surface area is 116 Å². The van der Waals surface area contributed by atoms with Gasteiger partial charge in [0, 0.05) is 42.2 Å². The van der Waals surface area contributed by atoms with E-state index in [0.29, 0.717) is 11.9 Å². The maximum absolute atomic E-state index is 10.9. The summed E-state index contributed by atoms with van der Waals surface area (Å²) in [5, 5.41) is 14.3. The summed E-state index contributed by atoms with van der Waals surface area (Å²) in [7, 11) is 0. The molecule has 1 aromatic heterocycles. The van der Waals surface area contributed by atoms with E-state index in [-0.39, 0.29) is 10.6 Å². The first kappa shape index (κ1) is 12.8. The van der Waals surface area contributed by atoms with Crippen molar-refractivity contribution < 1.29 is 4.92 Å². The molecule has 0 aliphatic heterocycles. The molecule has 3 rings (SSSR count). The van der Waals surface area contributed by atoms with Crippen molar-refractivity contribution >= 4 is 5.69 Å². The van der Waals surface area contributed by atoms with E-state index in [4.69, 9.17) is 0 Å². The van der Waals surface area contributed by atoms with Gasteiger partial charge in [0.2, 0.25) is 0 Å². The zero-order chi connectivity index (χ0) is 14.1. The Bertz CT molecular complexity index is 646. The molecule has 0 atom stereocenters. The smallest absolute Gasteiger partial charge is 0.270 e. The zero-order valence-corrected chi connectivity index (χ0v) is 11.2. The average molecular weight is 272 g/mol. The standard InChI is InChI=1S/C14H16N4O2/c1-9-2-5-12(18(19)20)6-13(9)14-16-8-11(17-14)7-15-10-3-4-10/h2,5-6,8,10,15H,3-4,7H2,1H3,(H,16,17). The van der Waals surface area contributed by atoms with Crippen molar-refractivity contribution in [3.8, 4) is 11.4 Å². The van der Waals surface area contributed by atoms with Gasteiger partial charge in [0.15, 0.2) is 0 Å². The molecule has 1 aromatic carbocycles. The number of nitro benzene ring substituents is 1. The van der Waals surface area contributed by atoms with Crippen LogP contribution in [0.5, 0.6) is 0 Å². The Morgan fingerprint density at radius 3 is 3.00 bits per heavy atom. The van der Waals surface area contributed by atoms with Crippen molar-refractivity contribution in [2.24, 2.45) is 0 Å². The van der Waals surface area contributed by atoms with E-state index in [1.165, 1.54) is 18.9 Å². The summed E-state index contributed by atoms with van der Waals surface area (Å²) in [6, 6.07) is 5.46. The first-order chi connectivity index (χ1) is 9.63. The number of hydrogen-bond acceptors (Lipinski definition) is 4. The maximum atomic E-state index is 10.9. The highest BCUT2D eigenvalue weighted by molar-refractivity contribution is 5.63. The van der Waals surface area contributed by atoms with Crippen LogP contribution in [0.1, 0.15) is 24.1 Å². The largest absolute Gasteiger partial charge is 0.341 e. The fraction of sp³-hybridized carbons (Fsp3) is 0.357. The first-order valence-electron chi connectivity index (χ1n) is 6.66. The Kier molecular flexibility index (Phi) is 3.23. The number of non-ortho nitro benzene ring substituents is 1. The fourth-order valence-electron chi connectivity index (χ4n) is 2.11. The third-order valence-electron chi connectivity index (χ3n) is 3.47. The molecule has 104 valence electrons. The highest BCUT2D eigenvalue weighted by atomic mass is 16.6. The zero-order valence-electron chi connectivity index (χ0n) is 11.2. The third kappa shape index (κ3) is 2.70. The van der Waals surface area contributed by atoms with Crippen LogP contribution in [0.2, 0.25) is 0 Å². The third-order valence-corrected chi connectivity index (χ3v) is 3.47. The summed E-state index contributed by atoms with van der Waals surface area (Å²) >= 11 is 0. The van der Waals surface area contributed by atoms with Crippen LogP contribution >= 0.6 is 0 Å². The molecule has 2 aromatic rings. The van der Waals surface area contributed by atoms with Gasteiger partial charge in [-0.1, -0.05) is 6.07 Å². The van der Waals surface area contributed by atoms with Gasteiger partial charge in [0.25, 0.3) is 5.69 Å². The predicted octanol–water partition coefficient (Wildman–Crippen LogP) is 2.55. The monoisotopic (exact) mass is 272 g/mol. The lowest BCUT2D eigenvalue weighted by atomic mass is 10.1. The summed E-state index contributed by atoms with van der Waals surface area (Å²) < 4.78 is 0. The lowest BCUT2D eigenvalue weighted by Crippen LogP contribution is -2.15. The molecule has 1 aliphatic carbocycles. The SMILES string of the molecule is Cc1ccc([N+](=O)[O-])cc1-c1ncc(CNC2CC2)[nH]1. The Hall–Kier alpha value is -2.21. The minimum absolute atomic E-state index is 0.0830. The van der Waals surface area contributed by atoms with E-state index >= 15 is 0 Å². The molecular weight excluding hydrogens is 256 g/mol. The van der Waals surface area contributed by atoms with Crippen LogP contribution in [0.4, 0.5) is 5.69 Å². The van der Waals surface area contributed by atoms with Gasteiger partial charge in [-0.05, 0) is 25.3 Å². The number of aryl methyl sites for hydroxylation is 1. The number of hydrogen-bond donors (Lipinski definition) is 2. The number of nitro groups is 1.